The maximum atomic E-state index is 5.43. The fraction of sp³-hybridized carbons (Fsp3) is 0.615. The van der Waals surface area contributed by atoms with Crippen molar-refractivity contribution in [1.82, 2.24) is 20.2 Å². The van der Waals surface area contributed by atoms with Crippen molar-refractivity contribution in [1.29, 1.82) is 0 Å². The van der Waals surface area contributed by atoms with Gasteiger partial charge in [-0.1, -0.05) is 0 Å². The predicted octanol–water partition coefficient (Wildman–Crippen LogP) is 0.508. The van der Waals surface area contributed by atoms with Crippen molar-refractivity contribution in [2.45, 2.75) is 13.0 Å². The van der Waals surface area contributed by atoms with Gasteiger partial charge in [0, 0.05) is 51.7 Å². The topological polar surface area (TPSA) is 53.5 Å². The molecule has 0 aromatic carbocycles. The van der Waals surface area contributed by atoms with Gasteiger partial charge in [-0.2, -0.15) is 0 Å². The number of nitrogens with one attached hydrogen (secondary N) is 1. The summed E-state index contributed by atoms with van der Waals surface area (Å²) in [6.45, 7) is 6.23. The fourth-order valence-corrected chi connectivity index (χ4v) is 2.54. The second-order valence-corrected chi connectivity index (χ2v) is 5.22. The third-order valence-electron chi connectivity index (χ3n) is 3.19. The highest BCUT2D eigenvalue weighted by molar-refractivity contribution is 7.80. The maximum absolute atomic E-state index is 5.43. The Morgan fingerprint density at radius 3 is 2.60 bits per heavy atom. The number of rotatable bonds is 4. The Morgan fingerprint density at radius 2 is 2.00 bits per heavy atom. The second-order valence-electron chi connectivity index (χ2n) is 4.83. The first-order valence-electron chi connectivity index (χ1n) is 6.77. The molecule has 1 saturated heterocycles. The lowest BCUT2D eigenvalue weighted by molar-refractivity contribution is 0.177. The van der Waals surface area contributed by atoms with Gasteiger partial charge in [0.2, 0.25) is 5.95 Å². The summed E-state index contributed by atoms with van der Waals surface area (Å²) in [5.74, 6) is 0.791. The molecule has 6 nitrogen and oxygen atoms in total. The van der Waals surface area contributed by atoms with Crippen molar-refractivity contribution in [3.05, 3.63) is 18.5 Å². The summed E-state index contributed by atoms with van der Waals surface area (Å²) < 4.78 is 5.10. The Bertz CT molecular complexity index is 422. The molecule has 0 aliphatic carbocycles. The number of anilines is 1. The van der Waals surface area contributed by atoms with E-state index in [4.69, 9.17) is 17.0 Å². The zero-order chi connectivity index (χ0) is 14.4. The Balaban J connectivity index is 1.80. The van der Waals surface area contributed by atoms with Crippen LogP contribution in [0.1, 0.15) is 6.92 Å². The summed E-state index contributed by atoms with van der Waals surface area (Å²) in [6, 6.07) is 2.05. The fourth-order valence-electron chi connectivity index (χ4n) is 2.16. The van der Waals surface area contributed by atoms with Crippen LogP contribution in [0.4, 0.5) is 5.95 Å². The van der Waals surface area contributed by atoms with E-state index in [9.17, 15) is 0 Å². The van der Waals surface area contributed by atoms with Gasteiger partial charge < -0.3 is 19.9 Å². The van der Waals surface area contributed by atoms with Gasteiger partial charge in [0.25, 0.3) is 0 Å². The molecular formula is C13H21N5OS. The molecule has 0 saturated carbocycles. The number of aromatic nitrogens is 2. The molecule has 1 aromatic heterocycles. The molecule has 1 aromatic rings. The summed E-state index contributed by atoms with van der Waals surface area (Å²) in [5.41, 5.74) is 0. The minimum atomic E-state index is 0.225. The van der Waals surface area contributed by atoms with Crippen LogP contribution in [0.25, 0.3) is 0 Å². The van der Waals surface area contributed by atoms with E-state index in [1.807, 2.05) is 6.07 Å². The summed E-state index contributed by atoms with van der Waals surface area (Å²) in [7, 11) is 1.69. The van der Waals surface area contributed by atoms with Crippen LogP contribution in [0.3, 0.4) is 0 Å². The van der Waals surface area contributed by atoms with Crippen molar-refractivity contribution in [3.8, 4) is 0 Å². The highest BCUT2D eigenvalue weighted by Gasteiger charge is 2.20. The number of nitrogens with zero attached hydrogens (tertiary/aromatic N) is 4. The van der Waals surface area contributed by atoms with Gasteiger partial charge in [-0.3, -0.25) is 0 Å². The Hall–Kier alpha value is -1.47. The van der Waals surface area contributed by atoms with Crippen molar-refractivity contribution >= 4 is 23.3 Å². The third-order valence-corrected chi connectivity index (χ3v) is 3.56. The molecule has 110 valence electrons. The molecule has 1 N–H and O–H groups in total. The molecule has 2 heterocycles. The first-order valence-corrected chi connectivity index (χ1v) is 7.18. The minimum absolute atomic E-state index is 0.225. The van der Waals surface area contributed by atoms with E-state index in [1.165, 1.54) is 0 Å². The van der Waals surface area contributed by atoms with E-state index in [1.54, 1.807) is 19.5 Å². The molecule has 0 bridgehead atoms. The largest absolute Gasteiger partial charge is 0.383 e. The smallest absolute Gasteiger partial charge is 0.225 e. The molecule has 7 heteroatoms. The van der Waals surface area contributed by atoms with Crippen LogP contribution in [-0.4, -0.2) is 65.9 Å². The summed E-state index contributed by atoms with van der Waals surface area (Å²) >= 11 is 5.43. The predicted molar refractivity (Wildman–Crippen MR) is 82.9 cm³/mol. The summed E-state index contributed by atoms with van der Waals surface area (Å²) in [5, 5.41) is 4.08. The average molecular weight is 295 g/mol. The van der Waals surface area contributed by atoms with Gasteiger partial charge in [0.15, 0.2) is 5.11 Å². The Kier molecular flexibility index (Phi) is 5.49. The standard InChI is InChI=1S/C13H21N5OS/c1-11(10-19-2)16-13(20)18-8-6-17(7-9-18)12-14-4-3-5-15-12/h3-5,11H,6-10H2,1-2H3,(H,16,20). The first-order chi connectivity index (χ1) is 9.70. The lowest BCUT2D eigenvalue weighted by Gasteiger charge is -2.36. The van der Waals surface area contributed by atoms with E-state index in [-0.39, 0.29) is 6.04 Å². The van der Waals surface area contributed by atoms with Gasteiger partial charge in [-0.25, -0.2) is 9.97 Å². The molecule has 1 atom stereocenters. The number of piperazine rings is 1. The SMILES string of the molecule is COCC(C)NC(=S)N1CCN(c2ncccn2)CC1. The van der Waals surface area contributed by atoms with E-state index in [0.717, 1.165) is 37.2 Å². The molecule has 0 amide bonds. The molecule has 1 unspecified atom stereocenters. The number of thiocarbonyl (C=S) groups is 1. The molecule has 2 rings (SSSR count). The van der Waals surface area contributed by atoms with Gasteiger partial charge >= 0.3 is 0 Å². The van der Waals surface area contributed by atoms with Gasteiger partial charge in [0.05, 0.1) is 6.61 Å². The molecule has 1 aliphatic heterocycles. The van der Waals surface area contributed by atoms with Gasteiger partial charge in [0.1, 0.15) is 0 Å². The quantitative estimate of drug-likeness (QED) is 0.812. The molecule has 1 aliphatic rings. The summed E-state index contributed by atoms with van der Waals surface area (Å²) in [4.78, 5) is 12.9. The third kappa shape index (κ3) is 4.01. The van der Waals surface area contributed by atoms with Crippen molar-refractivity contribution in [2.24, 2.45) is 0 Å². The Morgan fingerprint density at radius 1 is 1.35 bits per heavy atom. The number of hydrogen-bond donors (Lipinski definition) is 1. The minimum Gasteiger partial charge on any atom is -0.383 e. The first kappa shape index (κ1) is 14.9. The molecule has 1 fully saturated rings. The molecule has 20 heavy (non-hydrogen) atoms. The lowest BCUT2D eigenvalue weighted by atomic mass is 10.3. The van der Waals surface area contributed by atoms with E-state index < -0.39 is 0 Å². The van der Waals surface area contributed by atoms with Crippen LogP contribution in [0.2, 0.25) is 0 Å². The van der Waals surface area contributed by atoms with Crippen LogP contribution in [0, 0.1) is 0 Å². The molecule has 0 spiro atoms. The number of ether oxygens (including phenoxy) is 1. The number of methoxy groups -OCH3 is 1. The maximum Gasteiger partial charge on any atom is 0.225 e. The van der Waals surface area contributed by atoms with Crippen LogP contribution < -0.4 is 10.2 Å². The van der Waals surface area contributed by atoms with E-state index >= 15 is 0 Å². The zero-order valence-corrected chi connectivity index (χ0v) is 12.8. The lowest BCUT2D eigenvalue weighted by Crippen LogP contribution is -2.53. The number of hydrogen-bond acceptors (Lipinski definition) is 5. The normalized spacial score (nSPS) is 16.9. The van der Waals surface area contributed by atoms with Gasteiger partial charge in [-0.05, 0) is 25.2 Å². The van der Waals surface area contributed by atoms with E-state index in [0.29, 0.717) is 6.61 Å². The van der Waals surface area contributed by atoms with Crippen LogP contribution in [0.15, 0.2) is 18.5 Å². The van der Waals surface area contributed by atoms with Crippen LogP contribution in [-0.2, 0) is 4.74 Å². The molecule has 0 radical (unpaired) electrons. The highest BCUT2D eigenvalue weighted by Crippen LogP contribution is 2.09. The van der Waals surface area contributed by atoms with Crippen molar-refractivity contribution < 1.29 is 4.74 Å². The van der Waals surface area contributed by atoms with Crippen LogP contribution in [0.5, 0.6) is 0 Å². The van der Waals surface area contributed by atoms with Gasteiger partial charge in [-0.15, -0.1) is 0 Å². The van der Waals surface area contributed by atoms with E-state index in [2.05, 4.69) is 32.0 Å². The van der Waals surface area contributed by atoms with Crippen molar-refractivity contribution in [3.63, 3.8) is 0 Å². The average Bonchev–Trinajstić information content (AvgIpc) is 2.48. The highest BCUT2D eigenvalue weighted by atomic mass is 32.1. The monoisotopic (exact) mass is 295 g/mol. The van der Waals surface area contributed by atoms with Crippen molar-refractivity contribution in [2.75, 3.05) is 44.8 Å². The zero-order valence-electron chi connectivity index (χ0n) is 12.0. The van der Waals surface area contributed by atoms with Crippen LogP contribution >= 0.6 is 12.2 Å². The molecular weight excluding hydrogens is 274 g/mol. The summed E-state index contributed by atoms with van der Waals surface area (Å²) in [6.07, 6.45) is 3.54. The Labute approximate surface area is 125 Å². The second kappa shape index (κ2) is 7.35.